The normalized spacial score (nSPS) is 11.8. The van der Waals surface area contributed by atoms with E-state index in [4.69, 9.17) is 4.74 Å². The van der Waals surface area contributed by atoms with Crippen molar-refractivity contribution in [2.45, 2.75) is 65.5 Å². The van der Waals surface area contributed by atoms with Gasteiger partial charge in [-0.05, 0) is 76.9 Å². The molecule has 0 radical (unpaired) electrons. The van der Waals surface area contributed by atoms with Gasteiger partial charge >= 0.3 is 0 Å². The Hall–Kier alpha value is -2.74. The number of aryl methyl sites for hydroxylation is 1. The van der Waals surface area contributed by atoms with Gasteiger partial charge in [0.1, 0.15) is 18.1 Å². The molecular weight excluding hydrogens is 410 g/mol. The summed E-state index contributed by atoms with van der Waals surface area (Å²) in [5.41, 5.74) is 0.947. The quantitative estimate of drug-likeness (QED) is 0.328. The van der Waals surface area contributed by atoms with E-state index < -0.39 is 17.9 Å². The second kappa shape index (κ2) is 14.3. The van der Waals surface area contributed by atoms with Crippen molar-refractivity contribution in [3.8, 4) is 5.75 Å². The Balaban J connectivity index is 2.77. The van der Waals surface area contributed by atoms with Crippen LogP contribution in [-0.2, 0) is 14.4 Å². The van der Waals surface area contributed by atoms with Crippen molar-refractivity contribution in [2.24, 2.45) is 0 Å². The van der Waals surface area contributed by atoms with Crippen molar-refractivity contribution in [1.82, 2.24) is 15.1 Å². The van der Waals surface area contributed by atoms with Crippen LogP contribution in [-0.4, -0.2) is 73.1 Å². The molecule has 0 spiro atoms. The largest absolute Gasteiger partial charge is 0.494 e. The predicted octanol–water partition coefficient (Wildman–Crippen LogP) is 2.58. The number of unbranched alkanes of at least 4 members (excludes halogenated alkanes) is 1. The van der Waals surface area contributed by atoms with E-state index in [1.165, 1.54) is 7.05 Å². The van der Waals surface area contributed by atoms with Crippen LogP contribution in [0.4, 0.5) is 0 Å². The molecule has 0 saturated carbocycles. The molecule has 0 saturated heterocycles. The lowest BCUT2D eigenvalue weighted by Crippen LogP contribution is -2.48. The number of aldehydes is 1. The van der Waals surface area contributed by atoms with Crippen molar-refractivity contribution in [3.63, 3.8) is 0 Å². The molecule has 0 bridgehead atoms. The molecule has 1 atom stereocenters. The lowest BCUT2D eigenvalue weighted by atomic mass is 10.0. The molecule has 1 unspecified atom stereocenters. The van der Waals surface area contributed by atoms with Gasteiger partial charge in [0, 0.05) is 25.1 Å². The number of nitrogens with one attached hydrogen (secondary N) is 1. The molecular formula is C24H37N3O5. The number of carbonyl (C=O) groups is 4. The molecule has 0 aromatic heterocycles. The fourth-order valence-electron chi connectivity index (χ4n) is 3.55. The molecule has 0 aliphatic carbocycles. The molecule has 8 heteroatoms. The van der Waals surface area contributed by atoms with Crippen LogP contribution >= 0.6 is 0 Å². The minimum atomic E-state index is -1.04. The van der Waals surface area contributed by atoms with Gasteiger partial charge in [0.2, 0.25) is 12.3 Å². The van der Waals surface area contributed by atoms with Gasteiger partial charge in [-0.3, -0.25) is 19.3 Å². The first-order valence-corrected chi connectivity index (χ1v) is 11.2. The minimum absolute atomic E-state index is 0.0641. The summed E-state index contributed by atoms with van der Waals surface area (Å²) in [6, 6.07) is 4.53. The van der Waals surface area contributed by atoms with Crippen LogP contribution in [0.1, 0.15) is 62.4 Å². The molecule has 0 aliphatic rings. The molecule has 178 valence electrons. The number of carbonyl (C=O) groups excluding carboxylic acids is 4. The molecule has 0 aliphatic heterocycles. The Kier molecular flexibility index (Phi) is 12.2. The molecule has 1 rings (SSSR count). The van der Waals surface area contributed by atoms with E-state index in [9.17, 15) is 19.2 Å². The van der Waals surface area contributed by atoms with Crippen LogP contribution in [0, 0.1) is 6.92 Å². The number of hydrogen-bond donors (Lipinski definition) is 1. The van der Waals surface area contributed by atoms with Gasteiger partial charge in [-0.2, -0.15) is 0 Å². The van der Waals surface area contributed by atoms with Gasteiger partial charge in [0.15, 0.2) is 0 Å². The van der Waals surface area contributed by atoms with E-state index in [-0.39, 0.29) is 12.8 Å². The fourth-order valence-corrected chi connectivity index (χ4v) is 3.55. The Morgan fingerprint density at radius 1 is 1.19 bits per heavy atom. The van der Waals surface area contributed by atoms with Gasteiger partial charge in [0.25, 0.3) is 5.91 Å². The van der Waals surface area contributed by atoms with Gasteiger partial charge in [-0.25, -0.2) is 0 Å². The first kappa shape index (κ1) is 27.3. The number of amides is 3. The Morgan fingerprint density at radius 3 is 2.44 bits per heavy atom. The SMILES string of the molecule is CCN(CCCCOc1ccc(C(=O)N(C=O)C(CCC=O)C(=O)NC)c(C)c1)C(C)C. The lowest BCUT2D eigenvalue weighted by molar-refractivity contribution is -0.131. The zero-order chi connectivity index (χ0) is 24.1. The molecule has 32 heavy (non-hydrogen) atoms. The maximum Gasteiger partial charge on any atom is 0.261 e. The maximum atomic E-state index is 13.0. The van der Waals surface area contributed by atoms with E-state index in [1.807, 2.05) is 0 Å². The summed E-state index contributed by atoms with van der Waals surface area (Å²) in [5.74, 6) is -0.433. The second-order valence-electron chi connectivity index (χ2n) is 7.95. The molecule has 1 aromatic carbocycles. The van der Waals surface area contributed by atoms with Crippen LogP contribution in [0.15, 0.2) is 18.2 Å². The van der Waals surface area contributed by atoms with Crippen LogP contribution in [0.3, 0.4) is 0 Å². The summed E-state index contributed by atoms with van der Waals surface area (Å²) in [6.07, 6.45) is 3.09. The van der Waals surface area contributed by atoms with Crippen LogP contribution in [0.25, 0.3) is 0 Å². The van der Waals surface area contributed by atoms with E-state index >= 15 is 0 Å². The molecule has 8 nitrogen and oxygen atoms in total. The van der Waals surface area contributed by atoms with Gasteiger partial charge < -0.3 is 19.7 Å². The smallest absolute Gasteiger partial charge is 0.261 e. The third-order valence-electron chi connectivity index (χ3n) is 5.46. The van der Waals surface area contributed by atoms with E-state index in [0.29, 0.717) is 42.2 Å². The minimum Gasteiger partial charge on any atom is -0.494 e. The molecule has 1 N–H and O–H groups in total. The molecule has 0 heterocycles. The van der Waals surface area contributed by atoms with Crippen molar-refractivity contribution in [2.75, 3.05) is 26.7 Å². The van der Waals surface area contributed by atoms with Gasteiger partial charge in [0.05, 0.1) is 6.61 Å². The number of nitrogens with zero attached hydrogens (tertiary/aromatic N) is 2. The number of ether oxygens (including phenoxy) is 1. The first-order valence-electron chi connectivity index (χ1n) is 11.2. The average Bonchev–Trinajstić information content (AvgIpc) is 2.77. The summed E-state index contributed by atoms with van der Waals surface area (Å²) in [6.45, 7) is 10.9. The van der Waals surface area contributed by atoms with Crippen molar-refractivity contribution >= 4 is 24.5 Å². The Morgan fingerprint density at radius 2 is 1.91 bits per heavy atom. The van der Waals surface area contributed by atoms with E-state index in [1.54, 1.807) is 25.1 Å². The monoisotopic (exact) mass is 447 g/mol. The van der Waals surface area contributed by atoms with Gasteiger partial charge in [-0.1, -0.05) is 6.92 Å². The number of likely N-dealkylation sites (N-methyl/N-ethyl adjacent to an activating group) is 1. The fraction of sp³-hybridized carbons (Fsp3) is 0.583. The highest BCUT2D eigenvalue weighted by atomic mass is 16.5. The third-order valence-corrected chi connectivity index (χ3v) is 5.46. The second-order valence-corrected chi connectivity index (χ2v) is 7.95. The highest BCUT2D eigenvalue weighted by Crippen LogP contribution is 2.20. The highest BCUT2D eigenvalue weighted by molar-refractivity contribution is 6.04. The zero-order valence-corrected chi connectivity index (χ0v) is 19.9. The summed E-state index contributed by atoms with van der Waals surface area (Å²) in [7, 11) is 1.42. The molecule has 0 fully saturated rings. The third kappa shape index (κ3) is 8.07. The predicted molar refractivity (Wildman–Crippen MR) is 124 cm³/mol. The number of benzene rings is 1. The summed E-state index contributed by atoms with van der Waals surface area (Å²) < 4.78 is 5.82. The zero-order valence-electron chi connectivity index (χ0n) is 19.9. The standard InChI is InChI=1S/C24H37N3O5/c1-6-26(18(2)3)13-7-8-15-32-20-11-12-21(19(4)16-20)24(31)27(17-29)22(10-9-14-28)23(30)25-5/h11-12,14,16-18,22H,6-10,13,15H2,1-5H3,(H,25,30). The Labute approximate surface area is 191 Å². The summed E-state index contributed by atoms with van der Waals surface area (Å²) in [5, 5.41) is 2.44. The van der Waals surface area contributed by atoms with E-state index in [2.05, 4.69) is 31.0 Å². The van der Waals surface area contributed by atoms with Crippen molar-refractivity contribution in [1.29, 1.82) is 0 Å². The average molecular weight is 448 g/mol. The lowest BCUT2D eigenvalue weighted by Gasteiger charge is -2.25. The van der Waals surface area contributed by atoms with Crippen molar-refractivity contribution < 1.29 is 23.9 Å². The van der Waals surface area contributed by atoms with Crippen LogP contribution in [0.2, 0.25) is 0 Å². The van der Waals surface area contributed by atoms with Gasteiger partial charge in [-0.15, -0.1) is 0 Å². The number of imide groups is 1. The van der Waals surface area contributed by atoms with E-state index in [0.717, 1.165) is 30.8 Å². The topological polar surface area (TPSA) is 96.0 Å². The molecule has 3 amide bonds. The number of hydrogen-bond acceptors (Lipinski definition) is 6. The van der Waals surface area contributed by atoms with Crippen LogP contribution in [0.5, 0.6) is 5.75 Å². The van der Waals surface area contributed by atoms with Crippen LogP contribution < -0.4 is 10.1 Å². The van der Waals surface area contributed by atoms with Crippen molar-refractivity contribution in [3.05, 3.63) is 29.3 Å². The first-order chi connectivity index (χ1) is 15.3. The summed E-state index contributed by atoms with van der Waals surface area (Å²) >= 11 is 0. The highest BCUT2D eigenvalue weighted by Gasteiger charge is 2.30. The summed E-state index contributed by atoms with van der Waals surface area (Å²) in [4.78, 5) is 50.7. The number of rotatable bonds is 15. The molecule has 1 aromatic rings. The Bertz CT molecular complexity index is 766. The maximum absolute atomic E-state index is 13.0.